The van der Waals surface area contributed by atoms with E-state index in [1.165, 1.54) is 116 Å². The predicted octanol–water partition coefficient (Wildman–Crippen LogP) is 5.18. The van der Waals surface area contributed by atoms with Gasteiger partial charge in [0.2, 0.25) is 5.91 Å². The first-order valence-electron chi connectivity index (χ1n) is 26.9. The monoisotopic (exact) mass is 966 g/mol. The van der Waals surface area contributed by atoms with Crippen LogP contribution in [-0.4, -0.2) is 163 Å². The second-order valence-electron chi connectivity index (χ2n) is 19.9. The van der Waals surface area contributed by atoms with Crippen molar-refractivity contribution in [3.8, 4) is 0 Å². The molecule has 0 spiro atoms. The maximum absolute atomic E-state index is 13.3. The fourth-order valence-corrected chi connectivity index (χ4v) is 9.14. The van der Waals surface area contributed by atoms with Gasteiger partial charge < -0.3 is 75.3 Å². The number of amides is 1. The molecule has 0 bridgehead atoms. The number of ether oxygens (including phenoxy) is 4. The van der Waals surface area contributed by atoms with Crippen molar-refractivity contribution in [2.75, 3.05) is 19.8 Å². The zero-order chi connectivity index (χ0) is 49.4. The van der Waals surface area contributed by atoms with Gasteiger partial charge in [0.1, 0.15) is 61.0 Å². The average Bonchev–Trinajstić information content (AvgIpc) is 3.33. The molecule has 0 saturated carbocycles. The van der Waals surface area contributed by atoms with Gasteiger partial charge in [0.15, 0.2) is 12.6 Å². The Kier molecular flexibility index (Phi) is 34.9. The Labute approximate surface area is 403 Å². The molecular weight excluding hydrogens is 867 g/mol. The van der Waals surface area contributed by atoms with E-state index in [2.05, 4.69) is 26.1 Å². The van der Waals surface area contributed by atoms with Gasteiger partial charge in [0, 0.05) is 0 Å². The molecule has 2 aliphatic rings. The summed E-state index contributed by atoms with van der Waals surface area (Å²) in [4.78, 5) is 13.3. The third kappa shape index (κ3) is 24.7. The first kappa shape index (κ1) is 62.0. The van der Waals surface area contributed by atoms with E-state index in [0.29, 0.717) is 12.8 Å². The Bertz CT molecular complexity index is 1190. The quantitative estimate of drug-likeness (QED) is 0.0353. The Balaban J connectivity index is 1.87. The van der Waals surface area contributed by atoms with E-state index in [1.807, 2.05) is 0 Å². The summed E-state index contributed by atoms with van der Waals surface area (Å²) >= 11 is 0. The number of carbonyl (C=O) groups excluding carboxylic acids is 1. The molecule has 2 rings (SSSR count). The van der Waals surface area contributed by atoms with Crippen molar-refractivity contribution in [3.63, 3.8) is 0 Å². The van der Waals surface area contributed by atoms with Crippen molar-refractivity contribution >= 4 is 5.91 Å². The fourth-order valence-electron chi connectivity index (χ4n) is 9.14. The average molecular weight is 966 g/mol. The summed E-state index contributed by atoms with van der Waals surface area (Å²) in [6.07, 6.45) is 11.4. The molecule has 0 aromatic heterocycles. The summed E-state index contributed by atoms with van der Waals surface area (Å²) in [6.45, 7) is 4.70. The van der Waals surface area contributed by atoms with Crippen LogP contribution in [0.25, 0.3) is 0 Å². The predicted molar refractivity (Wildman–Crippen MR) is 257 cm³/mol. The maximum atomic E-state index is 13.3. The zero-order valence-corrected chi connectivity index (χ0v) is 41.8. The Hall–Kier alpha value is -1.09. The summed E-state index contributed by atoms with van der Waals surface area (Å²) in [5, 5.41) is 109. The number of rotatable bonds is 41. The molecule has 11 N–H and O–H groups in total. The van der Waals surface area contributed by atoms with Gasteiger partial charge in [-0.25, -0.2) is 0 Å². The first-order chi connectivity index (χ1) is 32.3. The number of nitrogens with one attached hydrogen (secondary N) is 1. The second-order valence-corrected chi connectivity index (χ2v) is 19.9. The molecule has 16 heteroatoms. The summed E-state index contributed by atoms with van der Waals surface area (Å²) in [5.41, 5.74) is 0. The minimum atomic E-state index is -1.85. The van der Waals surface area contributed by atoms with E-state index >= 15 is 0 Å². The minimum absolute atomic E-state index is 0.207. The molecule has 10 unspecified atom stereocenters. The lowest BCUT2D eigenvalue weighted by Gasteiger charge is -2.46. The SMILES string of the molecule is CCCCCCCCCCCCCCCCCCCCC(O)C(=O)NC(CO[C@@H]1OC(CO)[C@@H](O[C@@H]2OC(CO)[C@H](O)C(O)C2O)C(O)C1O)[C@H](O)C(O)CCCCCCCCCC(C)CC. The van der Waals surface area contributed by atoms with Crippen LogP contribution in [0.4, 0.5) is 0 Å². The molecule has 2 aliphatic heterocycles. The third-order valence-electron chi connectivity index (χ3n) is 14.1. The minimum Gasteiger partial charge on any atom is -0.394 e. The highest BCUT2D eigenvalue weighted by Gasteiger charge is 2.51. The fraction of sp³-hybridized carbons (Fsp3) is 0.980. The molecule has 0 aromatic carbocycles. The van der Waals surface area contributed by atoms with Crippen molar-refractivity contribution < 1.29 is 74.8 Å². The number of unbranched alkanes of at least 4 members (excludes halogenated alkanes) is 23. The van der Waals surface area contributed by atoms with Gasteiger partial charge in [0.25, 0.3) is 0 Å². The smallest absolute Gasteiger partial charge is 0.249 e. The molecule has 2 fully saturated rings. The molecule has 2 heterocycles. The molecule has 398 valence electrons. The van der Waals surface area contributed by atoms with Crippen LogP contribution in [0, 0.1) is 5.92 Å². The van der Waals surface area contributed by atoms with Crippen molar-refractivity contribution in [2.45, 2.75) is 293 Å². The summed E-state index contributed by atoms with van der Waals surface area (Å²) in [7, 11) is 0. The van der Waals surface area contributed by atoms with E-state index in [4.69, 9.17) is 18.9 Å². The van der Waals surface area contributed by atoms with Gasteiger partial charge in [-0.05, 0) is 18.8 Å². The van der Waals surface area contributed by atoms with Crippen LogP contribution in [0.5, 0.6) is 0 Å². The lowest BCUT2D eigenvalue weighted by atomic mass is 9.97. The summed E-state index contributed by atoms with van der Waals surface area (Å²) in [5.74, 6) is -0.00968. The van der Waals surface area contributed by atoms with Crippen molar-refractivity contribution in [3.05, 3.63) is 0 Å². The zero-order valence-electron chi connectivity index (χ0n) is 41.8. The molecular formula is C51H99NO15. The van der Waals surface area contributed by atoms with E-state index in [-0.39, 0.29) is 12.8 Å². The molecule has 2 saturated heterocycles. The standard InChI is InChI=1S/C51H99NO15/c1-4-6-7-8-9-10-11-12-13-14-15-16-17-18-19-22-26-29-32-39(56)49(63)52-37(42(57)38(55)31-28-25-23-20-21-24-27-30-36(3)5-2)35-64-50-47(62)45(60)48(41(34-54)66-50)67-51-46(61)44(59)43(58)40(33-53)65-51/h36-48,50-51,53-62H,4-35H2,1-3H3,(H,52,63)/t36?,37?,38?,39?,40?,41?,42-,43-,44?,45?,46?,47?,48+,50+,51-/m0/s1. The van der Waals surface area contributed by atoms with Gasteiger partial charge >= 0.3 is 0 Å². The molecule has 0 radical (unpaired) electrons. The lowest BCUT2D eigenvalue weighted by Crippen LogP contribution is -2.65. The van der Waals surface area contributed by atoms with Crippen molar-refractivity contribution in [1.82, 2.24) is 5.32 Å². The van der Waals surface area contributed by atoms with Crippen molar-refractivity contribution in [2.24, 2.45) is 5.92 Å². The summed E-state index contributed by atoms with van der Waals surface area (Å²) < 4.78 is 22.5. The molecule has 67 heavy (non-hydrogen) atoms. The van der Waals surface area contributed by atoms with Crippen LogP contribution in [-0.2, 0) is 23.7 Å². The van der Waals surface area contributed by atoms with E-state index in [1.54, 1.807) is 0 Å². The number of aliphatic hydroxyl groups excluding tert-OH is 10. The molecule has 15 atom stereocenters. The number of carbonyl (C=O) groups is 1. The number of aliphatic hydroxyl groups is 10. The number of hydrogen-bond acceptors (Lipinski definition) is 15. The normalized spacial score (nSPS) is 28.0. The van der Waals surface area contributed by atoms with Gasteiger partial charge in [-0.2, -0.15) is 0 Å². The van der Waals surface area contributed by atoms with Gasteiger partial charge in [-0.3, -0.25) is 4.79 Å². The molecule has 1 amide bonds. The van der Waals surface area contributed by atoms with Crippen LogP contribution in [0.2, 0.25) is 0 Å². The summed E-state index contributed by atoms with van der Waals surface area (Å²) in [6, 6.07) is -1.27. The first-order valence-corrected chi connectivity index (χ1v) is 26.9. The van der Waals surface area contributed by atoms with Gasteiger partial charge in [-0.1, -0.05) is 194 Å². The van der Waals surface area contributed by atoms with Gasteiger partial charge in [-0.15, -0.1) is 0 Å². The van der Waals surface area contributed by atoms with Crippen LogP contribution in [0.15, 0.2) is 0 Å². The Morgan fingerprint density at radius 1 is 0.537 bits per heavy atom. The van der Waals surface area contributed by atoms with E-state index < -0.39 is 111 Å². The largest absolute Gasteiger partial charge is 0.394 e. The van der Waals surface area contributed by atoms with Crippen LogP contribution >= 0.6 is 0 Å². The van der Waals surface area contributed by atoms with Crippen LogP contribution < -0.4 is 5.32 Å². The molecule has 16 nitrogen and oxygen atoms in total. The van der Waals surface area contributed by atoms with Crippen LogP contribution in [0.3, 0.4) is 0 Å². The topological polar surface area (TPSA) is 268 Å². The highest BCUT2D eigenvalue weighted by atomic mass is 16.7. The highest BCUT2D eigenvalue weighted by Crippen LogP contribution is 2.30. The lowest BCUT2D eigenvalue weighted by molar-refractivity contribution is -0.359. The maximum Gasteiger partial charge on any atom is 0.249 e. The molecule has 0 aliphatic carbocycles. The highest BCUT2D eigenvalue weighted by molar-refractivity contribution is 5.80. The van der Waals surface area contributed by atoms with Crippen molar-refractivity contribution in [1.29, 1.82) is 0 Å². The second kappa shape index (κ2) is 37.7. The van der Waals surface area contributed by atoms with E-state index in [0.717, 1.165) is 50.9 Å². The van der Waals surface area contributed by atoms with E-state index in [9.17, 15) is 55.9 Å². The number of hydrogen-bond donors (Lipinski definition) is 11. The Morgan fingerprint density at radius 2 is 0.970 bits per heavy atom. The van der Waals surface area contributed by atoms with Gasteiger partial charge in [0.05, 0.1) is 32.0 Å². The molecule has 0 aromatic rings. The van der Waals surface area contributed by atoms with Crippen LogP contribution in [0.1, 0.15) is 207 Å². The Morgan fingerprint density at radius 3 is 1.45 bits per heavy atom. The third-order valence-corrected chi connectivity index (χ3v) is 14.1.